The second kappa shape index (κ2) is 27.2. The number of ether oxygens (including phenoxy) is 4. The van der Waals surface area contributed by atoms with E-state index in [1.807, 2.05) is 24.3 Å². The first kappa shape index (κ1) is 58.8. The first-order chi connectivity index (χ1) is 32.6. The molecule has 3 rings (SSSR count). The van der Waals surface area contributed by atoms with Gasteiger partial charge in [-0.1, -0.05) is 12.1 Å². The summed E-state index contributed by atoms with van der Waals surface area (Å²) in [6.45, 7) is 22.2. The zero-order chi connectivity index (χ0) is 52.3. The van der Waals surface area contributed by atoms with Crippen molar-refractivity contribution in [3.63, 3.8) is 0 Å². The van der Waals surface area contributed by atoms with E-state index < -0.39 is 64.4 Å². The minimum Gasteiger partial charge on any atom is -0.459 e. The number of hydrogen-bond acceptors (Lipinski definition) is 17. The largest absolute Gasteiger partial charge is 0.459 e. The Morgan fingerprint density at radius 3 is 1.60 bits per heavy atom. The quantitative estimate of drug-likeness (QED) is 0.0190. The molecule has 1 aromatic carbocycles. The molecule has 2 aromatic heterocycles. The van der Waals surface area contributed by atoms with E-state index in [9.17, 15) is 28.8 Å². The van der Waals surface area contributed by atoms with E-state index in [4.69, 9.17) is 24.8 Å². The fraction of sp³-hybridized carbons (Fsp3) is 0.625. The summed E-state index contributed by atoms with van der Waals surface area (Å²) in [5.74, 6) is 3.47. The molecule has 3 amide bonds. The van der Waals surface area contributed by atoms with Gasteiger partial charge in [-0.3, -0.25) is 19.3 Å². The molecule has 390 valence electrons. The molecule has 22 heteroatoms. The zero-order valence-electron chi connectivity index (χ0n) is 42.9. The van der Waals surface area contributed by atoms with Crippen LogP contribution in [-0.4, -0.2) is 107 Å². The van der Waals surface area contributed by atoms with Gasteiger partial charge < -0.3 is 44.0 Å². The summed E-state index contributed by atoms with van der Waals surface area (Å²) in [6.07, 6.45) is 8.06. The van der Waals surface area contributed by atoms with Crippen molar-refractivity contribution in [2.75, 3.05) is 13.1 Å². The molecule has 0 fully saturated rings. The number of unbranched alkanes of at least 4 members (excludes halogenated alkanes) is 1. The molecule has 2 atom stereocenters. The number of esters is 4. The zero-order valence-corrected chi connectivity index (χ0v) is 43.7. The molecule has 0 unspecified atom stereocenters. The van der Waals surface area contributed by atoms with E-state index in [0.717, 1.165) is 22.5 Å². The van der Waals surface area contributed by atoms with Crippen LogP contribution in [0.15, 0.2) is 53.9 Å². The Morgan fingerprint density at radius 2 is 1.14 bits per heavy atom. The highest BCUT2D eigenvalue weighted by Crippen LogP contribution is 2.20. The third-order valence-electron chi connectivity index (χ3n) is 9.47. The normalized spacial score (nSPS) is 13.0. The van der Waals surface area contributed by atoms with Gasteiger partial charge in [0, 0.05) is 42.6 Å². The molecule has 21 nitrogen and oxygen atoms in total. The Morgan fingerprint density at radius 1 is 0.671 bits per heavy atom. The van der Waals surface area contributed by atoms with Gasteiger partial charge in [-0.15, -0.1) is 9.32 Å². The van der Waals surface area contributed by atoms with Gasteiger partial charge >= 0.3 is 29.9 Å². The maximum Gasteiger partial charge on any atom is 0.329 e. The van der Waals surface area contributed by atoms with Crippen LogP contribution in [0.25, 0.3) is 0 Å². The number of carbonyl (C=O) groups is 6. The number of amides is 3. The number of rotatable bonds is 26. The Kier molecular flexibility index (Phi) is 22.8. The van der Waals surface area contributed by atoms with E-state index in [0.29, 0.717) is 44.0 Å². The smallest absolute Gasteiger partial charge is 0.329 e. The van der Waals surface area contributed by atoms with Crippen molar-refractivity contribution >= 4 is 47.9 Å². The third-order valence-corrected chi connectivity index (χ3v) is 10.1. The van der Waals surface area contributed by atoms with Crippen LogP contribution in [0.4, 0.5) is 4.79 Å². The molecule has 0 saturated heterocycles. The Balaban J connectivity index is 1.73. The molecule has 70 heavy (non-hydrogen) atoms. The van der Waals surface area contributed by atoms with Crippen molar-refractivity contribution in [3.8, 4) is 0 Å². The molecular weight excluding hydrogens is 927 g/mol. The molecule has 0 aliphatic carbocycles. The predicted molar refractivity (Wildman–Crippen MR) is 260 cm³/mol. The van der Waals surface area contributed by atoms with E-state index in [1.54, 1.807) is 117 Å². The predicted octanol–water partition coefficient (Wildman–Crippen LogP) is 5.62. The van der Waals surface area contributed by atoms with E-state index in [-0.39, 0.29) is 51.3 Å². The second-order valence-electron chi connectivity index (χ2n) is 20.6. The average Bonchev–Trinajstić information content (AvgIpc) is 3.85. The lowest BCUT2D eigenvalue weighted by atomic mass is 10.1. The van der Waals surface area contributed by atoms with Crippen molar-refractivity contribution in [2.24, 2.45) is 5.90 Å². The molecule has 0 aliphatic heterocycles. The number of hydrogen-bond donors (Lipinski definition) is 4. The van der Waals surface area contributed by atoms with Crippen molar-refractivity contribution in [3.05, 3.63) is 66.3 Å². The third kappa shape index (κ3) is 24.3. The second-order valence-corrected chi connectivity index (χ2v) is 21.4. The first-order valence-electron chi connectivity index (χ1n) is 23.3. The van der Waals surface area contributed by atoms with Crippen LogP contribution in [0.3, 0.4) is 0 Å². The fourth-order valence-electron chi connectivity index (χ4n) is 6.68. The SMILES string of the molecule is CC(C)(C)OC(=O)Cn1ccnc1CN(CCCC[C@H](NC(=O)N[C@@H](CCC(=O)NCCc1ccc(SOON)cc1)C(=O)OC(C)(C)C)C(=O)OC(C)(C)C)Cc1nccn1CC(=O)OC(C)(C)C. The minimum atomic E-state index is -1.23. The maximum atomic E-state index is 13.7. The summed E-state index contributed by atoms with van der Waals surface area (Å²) >= 11 is 0.955. The van der Waals surface area contributed by atoms with Crippen molar-refractivity contribution in [2.45, 2.75) is 187 Å². The number of aromatic nitrogens is 4. The summed E-state index contributed by atoms with van der Waals surface area (Å²) in [7, 11) is 0. The highest BCUT2D eigenvalue weighted by atomic mass is 32.2. The van der Waals surface area contributed by atoms with Crippen LogP contribution in [0, 0.1) is 0 Å². The Labute approximate surface area is 416 Å². The number of urea groups is 1. The molecule has 0 spiro atoms. The standard InChI is InChI=1S/C48H75N9O12S/c1-45(2,3)64-40(59)31-56-27-24-50-37(56)29-55(30-38-51-25-28-57(38)32-41(60)65-46(4,5)6)26-14-13-15-35(42(61)66-47(7,8)9)53-44(63)54-36(43(62)67-48(10,11)12)20-21-39(58)52-23-22-33-16-18-34(19-17-33)70-69-68-49/h16-19,24-25,27-28,35-36H,13-15,20-23,26,29-32,49H2,1-12H3,(H,52,58)(H2,53,54,63)/t35-,36-/m0/s1. The van der Waals surface area contributed by atoms with Crippen LogP contribution in [-0.2, 0) is 84.8 Å². The lowest BCUT2D eigenvalue weighted by molar-refractivity contribution is -0.195. The maximum absolute atomic E-state index is 13.7. The summed E-state index contributed by atoms with van der Waals surface area (Å²) in [4.78, 5) is 95.2. The number of nitrogens with one attached hydrogen (secondary N) is 3. The monoisotopic (exact) mass is 1000 g/mol. The van der Waals surface area contributed by atoms with Gasteiger partial charge in [-0.25, -0.2) is 24.4 Å². The van der Waals surface area contributed by atoms with Gasteiger partial charge in [0.25, 0.3) is 0 Å². The van der Waals surface area contributed by atoms with Crippen LogP contribution in [0.2, 0.25) is 0 Å². The number of benzene rings is 1. The number of nitrogens with zero attached hydrogens (tertiary/aromatic N) is 5. The van der Waals surface area contributed by atoms with Crippen LogP contribution >= 0.6 is 12.0 Å². The average molecular weight is 1000 g/mol. The van der Waals surface area contributed by atoms with Crippen LogP contribution in [0.5, 0.6) is 0 Å². The molecule has 0 aliphatic rings. The van der Waals surface area contributed by atoms with E-state index in [2.05, 4.69) is 40.1 Å². The Hall–Kier alpha value is -5.55. The minimum absolute atomic E-state index is 0.0547. The molecular formula is C48H75N9O12S. The number of nitrogens with two attached hydrogens (primary N) is 1. The van der Waals surface area contributed by atoms with Gasteiger partial charge in [0.05, 0.1) is 25.1 Å². The fourth-order valence-corrected chi connectivity index (χ4v) is 7.04. The van der Waals surface area contributed by atoms with Crippen molar-refractivity contribution < 1.29 is 57.0 Å². The van der Waals surface area contributed by atoms with Gasteiger partial charge in [-0.2, -0.15) is 5.90 Å². The lowest BCUT2D eigenvalue weighted by Gasteiger charge is -2.27. The molecule has 0 radical (unpaired) electrons. The highest BCUT2D eigenvalue weighted by molar-refractivity contribution is 7.94. The summed E-state index contributed by atoms with van der Waals surface area (Å²) in [5, 5.41) is 8.18. The summed E-state index contributed by atoms with van der Waals surface area (Å²) in [6, 6.07) is 4.21. The van der Waals surface area contributed by atoms with E-state index in [1.165, 1.54) is 0 Å². The van der Waals surface area contributed by atoms with Crippen molar-refractivity contribution in [1.82, 2.24) is 40.0 Å². The molecule has 0 saturated carbocycles. The van der Waals surface area contributed by atoms with Gasteiger partial charge in [0.2, 0.25) is 5.91 Å². The van der Waals surface area contributed by atoms with Crippen LogP contribution in [0.1, 0.15) is 132 Å². The van der Waals surface area contributed by atoms with Gasteiger partial charge in [-0.05, 0) is 139 Å². The van der Waals surface area contributed by atoms with Gasteiger partial charge in [0.15, 0.2) is 0 Å². The Bertz CT molecular complexity index is 2080. The topological polar surface area (TPSA) is 259 Å². The summed E-state index contributed by atoms with van der Waals surface area (Å²) in [5.41, 5.74) is -2.16. The first-order valence-corrected chi connectivity index (χ1v) is 24.1. The number of imidazole rings is 2. The molecule has 2 heterocycles. The molecule has 3 aromatic rings. The van der Waals surface area contributed by atoms with Gasteiger partial charge in [0.1, 0.15) is 59.2 Å². The molecule has 5 N–H and O–H groups in total. The van der Waals surface area contributed by atoms with Crippen LogP contribution < -0.4 is 21.8 Å². The molecule has 0 bridgehead atoms. The number of carbonyl (C=O) groups excluding carboxylic acids is 6. The summed E-state index contributed by atoms with van der Waals surface area (Å²) < 4.78 is 30.5. The van der Waals surface area contributed by atoms with Crippen molar-refractivity contribution in [1.29, 1.82) is 0 Å². The lowest BCUT2D eigenvalue weighted by Crippen LogP contribution is -2.53. The highest BCUT2D eigenvalue weighted by Gasteiger charge is 2.31. The van der Waals surface area contributed by atoms with E-state index >= 15 is 0 Å².